The molecule has 3 rings (SSSR count). The zero-order valence-electron chi connectivity index (χ0n) is 44.2. The largest absolute Gasteiger partial charge is 0.481 e. The number of likely N-dealkylation sites (tertiary alicyclic amines) is 1. The number of piperidine rings is 1. The summed E-state index contributed by atoms with van der Waals surface area (Å²) in [7, 11) is 1.94. The summed E-state index contributed by atoms with van der Waals surface area (Å²) in [6, 6.07) is -0.173. The summed E-state index contributed by atoms with van der Waals surface area (Å²) in [5, 5.41) is 23.0. The smallest absolute Gasteiger partial charge is 0.309 e. The number of rotatable bonds is 28. The molecule has 398 valence electrons. The van der Waals surface area contributed by atoms with Crippen LogP contribution >= 0.6 is 11.3 Å². The van der Waals surface area contributed by atoms with E-state index in [1.165, 1.54) is 45.2 Å². The van der Waals surface area contributed by atoms with Crippen LogP contribution in [0.5, 0.6) is 0 Å². The average molecular weight is 1020 g/mol. The van der Waals surface area contributed by atoms with Crippen LogP contribution in [0.4, 0.5) is 10.1 Å². The van der Waals surface area contributed by atoms with Gasteiger partial charge in [0.15, 0.2) is 6.10 Å². The SMILES string of the molecule is CCCCCCN(C(=O)[C@@H](NC(=O)[C@H]1CCCCN1C)[C@@H](C)CC)[C@H](C[C@@H](OC(C)=O)c1nc(C(=O)N[C@@H](Cc2ccc(NC(=O)[C@H](C)NC(=O)[C@@H](N)C(C)C)c(F)c2)CC(C)(C)C(=O)O)cs1)C(C)C. The number of benzene rings is 1. The van der Waals surface area contributed by atoms with E-state index in [4.69, 9.17) is 10.5 Å². The molecule has 0 radical (unpaired) electrons. The number of nitrogens with one attached hydrogen (secondary N) is 4. The number of likely N-dealkylation sites (N-methyl/N-ethyl adjacent to an activating group) is 1. The topological polar surface area (TPSA) is 242 Å². The number of anilines is 1. The van der Waals surface area contributed by atoms with Crippen molar-refractivity contribution in [3.05, 3.63) is 45.7 Å². The van der Waals surface area contributed by atoms with Crippen molar-refractivity contribution in [1.82, 2.24) is 30.7 Å². The molecular formula is C52H83FN8O9S. The summed E-state index contributed by atoms with van der Waals surface area (Å²) in [5.74, 6) is -5.11. The maximum absolute atomic E-state index is 15.5. The Morgan fingerprint density at radius 1 is 0.972 bits per heavy atom. The fourth-order valence-corrected chi connectivity index (χ4v) is 9.55. The van der Waals surface area contributed by atoms with Crippen LogP contribution in [-0.4, -0.2) is 118 Å². The van der Waals surface area contributed by atoms with Gasteiger partial charge in [0.25, 0.3) is 5.91 Å². The van der Waals surface area contributed by atoms with Crippen molar-refractivity contribution < 1.29 is 47.8 Å². The first-order valence-electron chi connectivity index (χ1n) is 25.4. The highest BCUT2D eigenvalue weighted by atomic mass is 32.1. The second-order valence-electron chi connectivity index (χ2n) is 20.7. The van der Waals surface area contributed by atoms with Gasteiger partial charge in [-0.15, -0.1) is 11.3 Å². The minimum atomic E-state index is -1.31. The molecule has 17 nitrogen and oxygen atoms in total. The zero-order valence-corrected chi connectivity index (χ0v) is 45.0. The quantitative estimate of drug-likeness (QED) is 0.0373. The zero-order chi connectivity index (χ0) is 53.3. The number of carboxylic acids is 1. The van der Waals surface area contributed by atoms with E-state index in [1.54, 1.807) is 19.9 Å². The van der Waals surface area contributed by atoms with Crippen LogP contribution in [0, 0.1) is 29.0 Å². The van der Waals surface area contributed by atoms with E-state index in [2.05, 4.69) is 33.2 Å². The first kappa shape index (κ1) is 60.3. The van der Waals surface area contributed by atoms with Crippen LogP contribution in [0.25, 0.3) is 0 Å². The van der Waals surface area contributed by atoms with Gasteiger partial charge in [0.2, 0.25) is 23.6 Å². The summed E-state index contributed by atoms with van der Waals surface area (Å²) < 4.78 is 21.5. The third-order valence-electron chi connectivity index (χ3n) is 13.6. The van der Waals surface area contributed by atoms with Gasteiger partial charge in [-0.05, 0) is 102 Å². The molecule has 1 aromatic heterocycles. The lowest BCUT2D eigenvalue weighted by atomic mass is 9.84. The van der Waals surface area contributed by atoms with Crippen LogP contribution in [0.1, 0.15) is 168 Å². The van der Waals surface area contributed by atoms with E-state index in [9.17, 15) is 38.7 Å². The van der Waals surface area contributed by atoms with Crippen molar-refractivity contribution in [2.45, 2.75) is 189 Å². The molecule has 0 saturated carbocycles. The highest BCUT2D eigenvalue weighted by Crippen LogP contribution is 2.33. The summed E-state index contributed by atoms with van der Waals surface area (Å²) in [6.45, 7) is 20.6. The van der Waals surface area contributed by atoms with Gasteiger partial charge >= 0.3 is 11.9 Å². The molecule has 19 heteroatoms. The number of carbonyl (C=O) groups is 7. The van der Waals surface area contributed by atoms with Crippen LogP contribution < -0.4 is 27.0 Å². The monoisotopic (exact) mass is 1010 g/mol. The number of halogens is 1. The van der Waals surface area contributed by atoms with Crippen molar-refractivity contribution in [3.63, 3.8) is 0 Å². The normalized spacial score (nSPS) is 17.3. The van der Waals surface area contributed by atoms with E-state index in [-0.39, 0.29) is 66.3 Å². The highest BCUT2D eigenvalue weighted by molar-refractivity contribution is 7.09. The minimum Gasteiger partial charge on any atom is -0.481 e. The van der Waals surface area contributed by atoms with E-state index < -0.39 is 77.2 Å². The van der Waals surface area contributed by atoms with Crippen molar-refractivity contribution in [2.75, 3.05) is 25.5 Å². The molecule has 0 aliphatic carbocycles. The van der Waals surface area contributed by atoms with Crippen LogP contribution in [0.3, 0.4) is 0 Å². The number of thiazole rings is 1. The van der Waals surface area contributed by atoms with Crippen molar-refractivity contribution in [2.24, 2.45) is 28.9 Å². The first-order valence-corrected chi connectivity index (χ1v) is 26.3. The van der Waals surface area contributed by atoms with Crippen molar-refractivity contribution >= 4 is 58.5 Å². The third kappa shape index (κ3) is 18.2. The van der Waals surface area contributed by atoms with Gasteiger partial charge in [-0.1, -0.05) is 86.6 Å². The molecule has 8 atom stereocenters. The van der Waals surface area contributed by atoms with E-state index in [0.29, 0.717) is 30.0 Å². The number of aliphatic carboxylic acids is 1. The Morgan fingerprint density at radius 3 is 2.24 bits per heavy atom. The predicted molar refractivity (Wildman–Crippen MR) is 274 cm³/mol. The van der Waals surface area contributed by atoms with Crippen LogP contribution in [0.2, 0.25) is 0 Å². The first-order chi connectivity index (χ1) is 33.3. The molecule has 1 saturated heterocycles. The van der Waals surface area contributed by atoms with E-state index in [0.717, 1.165) is 56.4 Å². The Hall–Kier alpha value is -5.01. The van der Waals surface area contributed by atoms with Crippen molar-refractivity contribution in [3.8, 4) is 0 Å². The van der Waals surface area contributed by atoms with E-state index >= 15 is 4.39 Å². The number of esters is 1. The number of ether oxygens (including phenoxy) is 1. The lowest BCUT2D eigenvalue weighted by Gasteiger charge is -2.40. The van der Waals surface area contributed by atoms with Crippen LogP contribution in [-0.2, 0) is 39.9 Å². The molecule has 0 spiro atoms. The van der Waals surface area contributed by atoms with Gasteiger partial charge in [0, 0.05) is 37.4 Å². The Labute approximate surface area is 424 Å². The molecule has 1 fully saturated rings. The van der Waals surface area contributed by atoms with E-state index in [1.807, 2.05) is 44.5 Å². The molecular weight excluding hydrogens is 932 g/mol. The lowest BCUT2D eigenvalue weighted by Crippen LogP contribution is -2.59. The minimum absolute atomic E-state index is 0.00779. The molecule has 0 unspecified atom stereocenters. The Bertz CT molecular complexity index is 2120. The maximum Gasteiger partial charge on any atom is 0.309 e. The molecule has 2 aromatic rings. The van der Waals surface area contributed by atoms with Gasteiger partial charge < -0.3 is 41.7 Å². The van der Waals surface area contributed by atoms with Gasteiger partial charge in [-0.2, -0.15) is 0 Å². The Kier molecular flexibility index (Phi) is 24.0. The average Bonchev–Trinajstić information content (AvgIpc) is 3.80. The number of aromatic nitrogens is 1. The number of nitrogens with two attached hydrogens (primary N) is 1. The lowest BCUT2D eigenvalue weighted by molar-refractivity contribution is -0.150. The Balaban J connectivity index is 1.92. The molecule has 71 heavy (non-hydrogen) atoms. The third-order valence-corrected chi connectivity index (χ3v) is 14.5. The number of carbonyl (C=O) groups excluding carboxylic acids is 6. The number of nitrogens with zero attached hydrogens (tertiary/aromatic N) is 3. The fourth-order valence-electron chi connectivity index (χ4n) is 8.71. The highest BCUT2D eigenvalue weighted by Gasteiger charge is 2.39. The maximum atomic E-state index is 15.5. The second-order valence-corrected chi connectivity index (χ2v) is 21.6. The second kappa shape index (κ2) is 28.3. The van der Waals surface area contributed by atoms with Crippen LogP contribution in [0.15, 0.2) is 23.6 Å². The summed E-state index contributed by atoms with van der Waals surface area (Å²) in [5.41, 5.74) is 4.82. The molecule has 1 aliphatic heterocycles. The summed E-state index contributed by atoms with van der Waals surface area (Å²) in [6.07, 6.45) is 6.11. The summed E-state index contributed by atoms with van der Waals surface area (Å²) >= 11 is 1.11. The fraction of sp³-hybridized carbons (Fsp3) is 0.692. The molecule has 1 aliphatic rings. The molecule has 5 amide bonds. The van der Waals surface area contributed by atoms with Gasteiger partial charge in [-0.3, -0.25) is 38.5 Å². The molecule has 0 bridgehead atoms. The number of unbranched alkanes of at least 4 members (excludes halogenated alkanes) is 3. The van der Waals surface area contributed by atoms with Gasteiger partial charge in [0.05, 0.1) is 23.2 Å². The standard InChI is InChI=1S/C52H83FN8O9S/c1-13-15-16-18-24-61(50(67)44(32(7)14-2)59-47(65)40-20-17-19-23-60(40)12)41(30(3)4)27-42(70-34(9)62)49-58-39(29-71-49)46(64)56-36(28-52(10,11)51(68)69)25-35-21-22-38(37(53)26-35)57-45(63)33(8)55-48(66)43(54)31(5)6/h21-22,26,29-33,36,40-44H,13-20,23-25,27-28,54H2,1-12H3,(H,55,66)(H,56,64)(H,57,63)(H,59,65)(H,68,69)/t32-,33-,36-,40+,41+,42+,43-,44-/m0/s1. The Morgan fingerprint density at radius 2 is 1.66 bits per heavy atom. The number of amides is 5. The van der Waals surface area contributed by atoms with Gasteiger partial charge in [0.1, 0.15) is 28.6 Å². The van der Waals surface area contributed by atoms with Crippen molar-refractivity contribution in [1.29, 1.82) is 0 Å². The molecule has 1 aromatic carbocycles. The molecule has 7 N–H and O–H groups in total. The number of hydrogen-bond donors (Lipinski definition) is 6. The molecule has 2 heterocycles. The summed E-state index contributed by atoms with van der Waals surface area (Å²) in [4.78, 5) is 102. The van der Waals surface area contributed by atoms with Gasteiger partial charge in [-0.25, -0.2) is 9.37 Å². The number of carboxylic acid groups (broad SMARTS) is 1. The number of hydrogen-bond acceptors (Lipinski definition) is 12. The predicted octanol–water partition coefficient (Wildman–Crippen LogP) is 6.99.